The number of sulfone groups is 1. The van der Waals surface area contributed by atoms with Crippen molar-refractivity contribution in [3.8, 4) is 22.6 Å². The van der Waals surface area contributed by atoms with Crippen LogP contribution in [0.5, 0.6) is 11.5 Å². The van der Waals surface area contributed by atoms with Gasteiger partial charge < -0.3 is 18.7 Å². The highest BCUT2D eigenvalue weighted by atomic mass is 32.2. The van der Waals surface area contributed by atoms with Gasteiger partial charge in [-0.2, -0.15) is 0 Å². The lowest BCUT2D eigenvalue weighted by atomic mass is 9.94. The number of hydrogen-bond acceptors (Lipinski definition) is 6. The average molecular weight is 507 g/mol. The van der Waals surface area contributed by atoms with E-state index in [9.17, 15) is 13.2 Å². The Morgan fingerprint density at radius 2 is 1.72 bits per heavy atom. The zero-order valence-electron chi connectivity index (χ0n) is 20.7. The van der Waals surface area contributed by atoms with Crippen LogP contribution < -0.4 is 9.47 Å². The van der Waals surface area contributed by atoms with Crippen molar-refractivity contribution in [2.24, 2.45) is 0 Å². The van der Waals surface area contributed by atoms with Crippen LogP contribution in [0.1, 0.15) is 28.7 Å². The third-order valence-corrected chi connectivity index (χ3v) is 7.02. The van der Waals surface area contributed by atoms with E-state index in [2.05, 4.69) is 12.1 Å². The molecule has 188 valence electrons. The first-order valence-corrected chi connectivity index (χ1v) is 13.9. The Bertz CT molecular complexity index is 1460. The molecule has 7 heteroatoms. The summed E-state index contributed by atoms with van der Waals surface area (Å²) in [5, 5.41) is 0.922. The molecule has 36 heavy (non-hydrogen) atoms. The molecule has 0 aliphatic heterocycles. The predicted molar refractivity (Wildman–Crippen MR) is 141 cm³/mol. The largest absolute Gasteiger partial charge is 0.494 e. The second-order valence-electron chi connectivity index (χ2n) is 9.04. The van der Waals surface area contributed by atoms with Gasteiger partial charge in [-0.05, 0) is 78.4 Å². The standard InChI is InChI=1S/C29H30O6S/c1-20-14-26(33-12-5-13-36(3,31)32)15-21(2)29(20)23-7-4-6-22(16-23)18-34-25-8-9-27-24(10-11-30)19-35-28(27)17-25/h4,6-9,11,14-17,19H,5,10,12-13,18H2,1-3H3. The third-order valence-electron chi connectivity index (χ3n) is 5.99. The lowest BCUT2D eigenvalue weighted by Gasteiger charge is -2.15. The van der Waals surface area contributed by atoms with Crippen LogP contribution in [0.2, 0.25) is 0 Å². The highest BCUT2D eigenvalue weighted by Crippen LogP contribution is 2.32. The molecule has 0 saturated heterocycles. The molecule has 0 aliphatic rings. The van der Waals surface area contributed by atoms with E-state index in [1.54, 1.807) is 6.26 Å². The van der Waals surface area contributed by atoms with Gasteiger partial charge in [-0.15, -0.1) is 0 Å². The molecule has 1 aromatic heterocycles. The van der Waals surface area contributed by atoms with Crippen LogP contribution in [0.3, 0.4) is 0 Å². The lowest BCUT2D eigenvalue weighted by Crippen LogP contribution is -2.08. The minimum Gasteiger partial charge on any atom is -0.494 e. The zero-order chi connectivity index (χ0) is 25.7. The fourth-order valence-corrected chi connectivity index (χ4v) is 5.00. The summed E-state index contributed by atoms with van der Waals surface area (Å²) in [4.78, 5) is 10.8. The van der Waals surface area contributed by atoms with Crippen molar-refractivity contribution >= 4 is 27.1 Å². The molecule has 4 rings (SSSR count). The van der Waals surface area contributed by atoms with Crippen LogP contribution >= 0.6 is 0 Å². The molecular weight excluding hydrogens is 476 g/mol. The van der Waals surface area contributed by atoms with E-state index in [1.807, 2.05) is 56.3 Å². The number of aldehydes is 1. The molecule has 4 aromatic rings. The summed E-state index contributed by atoms with van der Waals surface area (Å²) >= 11 is 0. The van der Waals surface area contributed by atoms with Gasteiger partial charge in [-0.25, -0.2) is 8.42 Å². The number of furan rings is 1. The normalized spacial score (nSPS) is 11.5. The van der Waals surface area contributed by atoms with Crippen molar-refractivity contribution in [1.29, 1.82) is 0 Å². The van der Waals surface area contributed by atoms with E-state index < -0.39 is 9.84 Å². The molecule has 0 saturated carbocycles. The van der Waals surface area contributed by atoms with E-state index in [4.69, 9.17) is 13.9 Å². The molecule has 0 radical (unpaired) electrons. The van der Waals surface area contributed by atoms with Crippen molar-refractivity contribution in [3.05, 3.63) is 83.1 Å². The van der Waals surface area contributed by atoms with Crippen molar-refractivity contribution in [3.63, 3.8) is 0 Å². The molecule has 0 N–H and O–H groups in total. The van der Waals surface area contributed by atoms with Gasteiger partial charge in [-0.1, -0.05) is 18.2 Å². The monoisotopic (exact) mass is 506 g/mol. The van der Waals surface area contributed by atoms with Crippen LogP contribution in [0.25, 0.3) is 22.1 Å². The van der Waals surface area contributed by atoms with Crippen molar-refractivity contribution in [1.82, 2.24) is 0 Å². The van der Waals surface area contributed by atoms with Crippen LogP contribution in [0.4, 0.5) is 0 Å². The number of fused-ring (bicyclic) bond motifs is 1. The van der Waals surface area contributed by atoms with Crippen LogP contribution in [0.15, 0.2) is 65.3 Å². The van der Waals surface area contributed by atoms with Gasteiger partial charge >= 0.3 is 0 Å². The Balaban J connectivity index is 1.44. The highest BCUT2D eigenvalue weighted by molar-refractivity contribution is 7.90. The number of carbonyl (C=O) groups excluding carboxylic acids is 1. The molecule has 0 unspecified atom stereocenters. The number of aryl methyl sites for hydroxylation is 2. The van der Waals surface area contributed by atoms with Crippen molar-refractivity contribution in [2.75, 3.05) is 18.6 Å². The first-order valence-electron chi connectivity index (χ1n) is 11.8. The van der Waals surface area contributed by atoms with Crippen molar-refractivity contribution < 1.29 is 27.1 Å². The SMILES string of the molecule is Cc1cc(OCCCS(C)(=O)=O)cc(C)c1-c1cccc(COc2ccc3c(CC=O)coc3c2)c1. The van der Waals surface area contributed by atoms with Gasteiger partial charge in [0.15, 0.2) is 0 Å². The summed E-state index contributed by atoms with van der Waals surface area (Å²) in [5.41, 5.74) is 7.00. The maximum atomic E-state index is 11.3. The maximum absolute atomic E-state index is 11.3. The smallest absolute Gasteiger partial charge is 0.147 e. The summed E-state index contributed by atoms with van der Waals surface area (Å²) < 4.78 is 40.0. The van der Waals surface area contributed by atoms with Gasteiger partial charge in [0.05, 0.1) is 18.6 Å². The quantitative estimate of drug-likeness (QED) is 0.187. The molecular formula is C29H30O6S. The summed E-state index contributed by atoms with van der Waals surface area (Å²) in [6.45, 7) is 4.86. The van der Waals surface area contributed by atoms with Crippen LogP contribution in [-0.2, 0) is 27.7 Å². The third kappa shape index (κ3) is 6.34. The number of rotatable bonds is 11. The second kappa shape index (κ2) is 11.0. The predicted octanol–water partition coefficient (Wildman–Crippen LogP) is 5.85. The molecule has 0 aliphatic carbocycles. The molecule has 0 spiro atoms. The van der Waals surface area contributed by atoms with Gasteiger partial charge in [0.25, 0.3) is 0 Å². The summed E-state index contributed by atoms with van der Waals surface area (Å²) in [6.07, 6.45) is 4.51. The van der Waals surface area contributed by atoms with E-state index in [0.717, 1.165) is 50.8 Å². The van der Waals surface area contributed by atoms with E-state index in [-0.39, 0.29) is 5.75 Å². The number of hydrogen-bond donors (Lipinski definition) is 0. The highest BCUT2D eigenvalue weighted by Gasteiger charge is 2.11. The molecule has 1 heterocycles. The lowest BCUT2D eigenvalue weighted by molar-refractivity contribution is -0.107. The van der Waals surface area contributed by atoms with Gasteiger partial charge in [0.2, 0.25) is 0 Å². The van der Waals surface area contributed by atoms with Gasteiger partial charge in [0.1, 0.15) is 39.8 Å². The number of ether oxygens (including phenoxy) is 2. The molecule has 0 atom stereocenters. The molecule has 6 nitrogen and oxygen atoms in total. The van der Waals surface area contributed by atoms with Crippen LogP contribution in [0, 0.1) is 13.8 Å². The first kappa shape index (κ1) is 25.5. The van der Waals surface area contributed by atoms with E-state index in [1.165, 1.54) is 6.26 Å². The molecule has 3 aromatic carbocycles. The fraction of sp³-hybridized carbons (Fsp3) is 0.276. The number of benzene rings is 3. The van der Waals surface area contributed by atoms with E-state index in [0.29, 0.717) is 37.4 Å². The number of carbonyl (C=O) groups is 1. The van der Waals surface area contributed by atoms with Gasteiger partial charge in [0, 0.05) is 29.7 Å². The Hall–Kier alpha value is -3.58. The first-order chi connectivity index (χ1) is 17.2. The Morgan fingerprint density at radius 3 is 2.44 bits per heavy atom. The van der Waals surface area contributed by atoms with Crippen LogP contribution in [-0.4, -0.2) is 33.3 Å². The minimum atomic E-state index is -2.98. The topological polar surface area (TPSA) is 82.8 Å². The molecule has 0 bridgehead atoms. The Kier molecular flexibility index (Phi) is 7.79. The van der Waals surface area contributed by atoms with E-state index >= 15 is 0 Å². The fourth-order valence-electron chi connectivity index (χ4n) is 4.36. The Labute approximate surface area is 211 Å². The molecule has 0 fully saturated rings. The summed E-state index contributed by atoms with van der Waals surface area (Å²) in [5.74, 6) is 1.56. The zero-order valence-corrected chi connectivity index (χ0v) is 21.6. The summed E-state index contributed by atoms with van der Waals surface area (Å²) in [6, 6.07) is 17.9. The second-order valence-corrected chi connectivity index (χ2v) is 11.3. The van der Waals surface area contributed by atoms with Gasteiger partial charge in [-0.3, -0.25) is 0 Å². The summed E-state index contributed by atoms with van der Waals surface area (Å²) in [7, 11) is -2.98. The molecule has 0 amide bonds. The maximum Gasteiger partial charge on any atom is 0.147 e. The van der Waals surface area contributed by atoms with Crippen molar-refractivity contribution in [2.45, 2.75) is 33.3 Å². The minimum absolute atomic E-state index is 0.120. The average Bonchev–Trinajstić information content (AvgIpc) is 3.22. The Morgan fingerprint density at radius 1 is 0.944 bits per heavy atom.